The van der Waals surface area contributed by atoms with E-state index in [1.807, 2.05) is 20.4 Å². The zero-order valence-corrected chi connectivity index (χ0v) is 17.0. The molecular formula is C20H39O7+. The Morgan fingerprint density at radius 1 is 0.778 bits per heavy atom. The van der Waals surface area contributed by atoms with Crippen LogP contribution in [0.3, 0.4) is 0 Å². The zero-order chi connectivity index (χ0) is 21.6. The molecule has 0 unspecified atom stereocenters. The van der Waals surface area contributed by atoms with Crippen LogP contribution in [0.4, 0.5) is 0 Å². The second-order valence-corrected chi connectivity index (χ2v) is 5.38. The second-order valence-electron chi connectivity index (χ2n) is 5.38. The van der Waals surface area contributed by atoms with E-state index in [0.29, 0.717) is 32.7 Å². The molecule has 160 valence electrons. The van der Waals surface area contributed by atoms with E-state index in [9.17, 15) is 4.79 Å². The first-order chi connectivity index (χ1) is 13.3. The Labute approximate surface area is 164 Å². The Bertz CT molecular complexity index is 281. The quantitative estimate of drug-likeness (QED) is 0.172. The summed E-state index contributed by atoms with van der Waals surface area (Å²) >= 11 is 0. The van der Waals surface area contributed by atoms with Gasteiger partial charge in [-0.15, -0.1) is 0 Å². The summed E-state index contributed by atoms with van der Waals surface area (Å²) in [5, 5.41) is 0. The van der Waals surface area contributed by atoms with Crippen molar-refractivity contribution in [3.8, 4) is 0 Å². The van der Waals surface area contributed by atoms with E-state index < -0.39 is 0 Å². The van der Waals surface area contributed by atoms with Crippen LogP contribution in [-0.4, -0.2) is 57.2 Å². The van der Waals surface area contributed by atoms with E-state index in [4.69, 9.17) is 28.7 Å². The molecule has 0 aromatic heterocycles. The Hall–Kier alpha value is -1.89. The van der Waals surface area contributed by atoms with Crippen molar-refractivity contribution in [3.05, 3.63) is 0 Å². The van der Waals surface area contributed by atoms with Gasteiger partial charge in [-0.2, -0.15) is 0 Å². The molecule has 0 saturated heterocycles. The molecule has 0 aromatic carbocycles. The van der Waals surface area contributed by atoms with Crippen LogP contribution < -0.4 is 0 Å². The molecule has 0 rings (SSSR count). The van der Waals surface area contributed by atoms with Gasteiger partial charge in [0.2, 0.25) is 0 Å². The van der Waals surface area contributed by atoms with Crippen molar-refractivity contribution in [2.75, 3.05) is 19.8 Å². The fourth-order valence-corrected chi connectivity index (χ4v) is 2.05. The van der Waals surface area contributed by atoms with Crippen molar-refractivity contribution >= 4 is 32.6 Å². The van der Waals surface area contributed by atoms with Gasteiger partial charge in [-0.1, -0.05) is 45.4 Å². The average molecular weight is 392 g/mol. The molecule has 7 nitrogen and oxygen atoms in total. The predicted molar refractivity (Wildman–Crippen MR) is 108 cm³/mol. The summed E-state index contributed by atoms with van der Waals surface area (Å²) in [5.74, 6) is -0.109. The SMILES string of the molecule is C=O.C=O.C=O.CCCCCCCCCC(=O)OCCOCCCCC=[OH+]. The third-order valence-corrected chi connectivity index (χ3v) is 3.35. The zero-order valence-electron chi connectivity index (χ0n) is 17.0. The fourth-order valence-electron chi connectivity index (χ4n) is 2.05. The van der Waals surface area contributed by atoms with Crippen LogP contribution in [0.5, 0.6) is 0 Å². The minimum Gasteiger partial charge on any atom is -0.463 e. The van der Waals surface area contributed by atoms with Crippen molar-refractivity contribution in [3.63, 3.8) is 0 Å². The standard InChI is InChI=1S/C17H32O4.3CH2O/c1-2-3-4-5-6-7-9-12-17(19)21-16-15-20-14-11-8-10-13-18;3*1-2/h13H,2-12,14-16H2,1H3;3*1H2/p+1. The number of ether oxygens (including phenoxy) is 2. The van der Waals surface area contributed by atoms with E-state index in [1.54, 1.807) is 0 Å². The lowest BCUT2D eigenvalue weighted by molar-refractivity contribution is -0.145. The molecule has 0 spiro atoms. The molecule has 0 bridgehead atoms. The van der Waals surface area contributed by atoms with Gasteiger partial charge in [-0.25, -0.2) is 0 Å². The largest absolute Gasteiger partial charge is 0.463 e. The summed E-state index contributed by atoms with van der Waals surface area (Å²) in [4.78, 5) is 43.9. The number of esters is 1. The summed E-state index contributed by atoms with van der Waals surface area (Å²) < 4.78 is 10.4. The monoisotopic (exact) mass is 391 g/mol. The first-order valence-electron chi connectivity index (χ1n) is 9.37. The number of aldehydes is 1. The van der Waals surface area contributed by atoms with Gasteiger partial charge in [0.1, 0.15) is 27.0 Å². The van der Waals surface area contributed by atoms with Crippen LogP contribution in [0.25, 0.3) is 0 Å². The topological polar surface area (TPSA) is 108 Å². The van der Waals surface area contributed by atoms with Gasteiger partial charge in [0.25, 0.3) is 6.29 Å². The summed E-state index contributed by atoms with van der Waals surface area (Å²) in [6.45, 7) is 9.68. The first-order valence-corrected chi connectivity index (χ1v) is 9.37. The van der Waals surface area contributed by atoms with Crippen molar-refractivity contribution in [2.45, 2.75) is 77.6 Å². The summed E-state index contributed by atoms with van der Waals surface area (Å²) in [6, 6.07) is 0. The lowest BCUT2D eigenvalue weighted by Crippen LogP contribution is -2.10. The third-order valence-electron chi connectivity index (χ3n) is 3.35. The van der Waals surface area contributed by atoms with Gasteiger partial charge in [-0.3, -0.25) is 9.59 Å². The van der Waals surface area contributed by atoms with Gasteiger partial charge in [0, 0.05) is 13.0 Å². The maximum absolute atomic E-state index is 11.4. The fraction of sp³-hybridized carbons (Fsp3) is 0.750. The number of hydrogen-bond donors (Lipinski definition) is 0. The van der Waals surface area contributed by atoms with E-state index in [-0.39, 0.29) is 5.97 Å². The molecule has 0 amide bonds. The van der Waals surface area contributed by atoms with E-state index in [1.165, 1.54) is 38.4 Å². The van der Waals surface area contributed by atoms with E-state index >= 15 is 0 Å². The highest BCUT2D eigenvalue weighted by atomic mass is 16.6. The van der Waals surface area contributed by atoms with Crippen molar-refractivity contribution < 1.29 is 33.4 Å². The molecule has 0 aliphatic carbocycles. The molecule has 0 aliphatic heterocycles. The average Bonchev–Trinajstić information content (AvgIpc) is 2.74. The minimum absolute atomic E-state index is 0.109. The van der Waals surface area contributed by atoms with Crippen molar-refractivity contribution in [1.29, 1.82) is 0 Å². The predicted octanol–water partition coefficient (Wildman–Crippen LogP) is 3.48. The summed E-state index contributed by atoms with van der Waals surface area (Å²) in [7, 11) is 0. The molecule has 7 heteroatoms. The Balaban J connectivity index is -0.000000397. The van der Waals surface area contributed by atoms with Crippen LogP contribution in [0.15, 0.2) is 0 Å². The lowest BCUT2D eigenvalue weighted by atomic mass is 10.1. The van der Waals surface area contributed by atoms with Gasteiger partial charge in [0.15, 0.2) is 0 Å². The molecule has 0 aromatic rings. The van der Waals surface area contributed by atoms with Crippen LogP contribution >= 0.6 is 0 Å². The number of unbranched alkanes of at least 4 members (excludes halogenated alkanes) is 8. The maximum atomic E-state index is 11.4. The third kappa shape index (κ3) is 40.3. The minimum atomic E-state index is -0.109. The van der Waals surface area contributed by atoms with Gasteiger partial charge >= 0.3 is 5.97 Å². The van der Waals surface area contributed by atoms with Crippen LogP contribution in [0, 0.1) is 0 Å². The number of carbonyl (C=O) groups is 4. The Morgan fingerprint density at radius 2 is 1.33 bits per heavy atom. The highest BCUT2D eigenvalue weighted by molar-refractivity contribution is 5.69. The van der Waals surface area contributed by atoms with Crippen molar-refractivity contribution in [1.82, 2.24) is 0 Å². The van der Waals surface area contributed by atoms with Crippen LogP contribution in [-0.2, 0) is 28.7 Å². The lowest BCUT2D eigenvalue weighted by Gasteiger charge is -2.06. The number of carbonyl (C=O) groups excluding carboxylic acids is 5. The van der Waals surface area contributed by atoms with Gasteiger partial charge in [0.05, 0.1) is 13.0 Å². The number of hydrogen-bond acceptors (Lipinski definition) is 6. The molecule has 0 aliphatic rings. The molecule has 0 radical (unpaired) electrons. The molecule has 1 N–H and O–H groups in total. The second kappa shape index (κ2) is 39.3. The van der Waals surface area contributed by atoms with E-state index in [2.05, 4.69) is 6.92 Å². The van der Waals surface area contributed by atoms with E-state index in [0.717, 1.165) is 25.7 Å². The van der Waals surface area contributed by atoms with Crippen LogP contribution in [0.1, 0.15) is 77.6 Å². The highest BCUT2D eigenvalue weighted by Crippen LogP contribution is 2.08. The first kappa shape index (κ1) is 32.8. The molecule has 0 saturated carbocycles. The molecular weight excluding hydrogens is 352 g/mol. The molecule has 0 heterocycles. The molecule has 0 fully saturated rings. The smallest absolute Gasteiger partial charge is 0.305 e. The normalized spacial score (nSPS) is 8.63. The van der Waals surface area contributed by atoms with Gasteiger partial charge in [-0.05, 0) is 19.3 Å². The Kier molecular flexibility index (Phi) is 47.6. The van der Waals surface area contributed by atoms with Crippen LogP contribution in [0.2, 0.25) is 0 Å². The summed E-state index contributed by atoms with van der Waals surface area (Å²) in [6.07, 6.45) is 12.7. The Morgan fingerprint density at radius 3 is 1.89 bits per heavy atom. The number of rotatable bonds is 16. The molecule has 27 heavy (non-hydrogen) atoms. The maximum Gasteiger partial charge on any atom is 0.305 e. The van der Waals surface area contributed by atoms with Crippen molar-refractivity contribution in [2.24, 2.45) is 0 Å². The summed E-state index contributed by atoms with van der Waals surface area (Å²) in [5.41, 5.74) is 0. The highest BCUT2D eigenvalue weighted by Gasteiger charge is 2.02. The van der Waals surface area contributed by atoms with Gasteiger partial charge < -0.3 is 23.9 Å². The molecule has 0 atom stereocenters.